The number of fused-ring (bicyclic) bond motifs is 2. The third-order valence-electron chi connectivity index (χ3n) is 5.95. The zero-order valence-corrected chi connectivity index (χ0v) is 17.0. The molecule has 1 atom stereocenters. The Bertz CT molecular complexity index is 985. The number of alkyl halides is 2. The summed E-state index contributed by atoms with van der Waals surface area (Å²) in [5.74, 6) is -2.37. The van der Waals surface area contributed by atoms with E-state index in [1.807, 2.05) is 6.07 Å². The number of nitrogens with zero attached hydrogens (tertiary/aromatic N) is 2. The van der Waals surface area contributed by atoms with Gasteiger partial charge in [0.05, 0.1) is 12.2 Å². The first-order valence-electron chi connectivity index (χ1n) is 10.1. The largest absolute Gasteiger partial charge is 0.490 e. The first-order chi connectivity index (χ1) is 13.7. The Morgan fingerprint density at radius 1 is 1.34 bits per heavy atom. The number of ether oxygens (including phenoxy) is 2. The quantitative estimate of drug-likeness (QED) is 0.750. The zero-order chi connectivity index (χ0) is 20.8. The molecule has 1 aliphatic carbocycles. The molecule has 156 valence electrons. The van der Waals surface area contributed by atoms with Crippen molar-refractivity contribution in [2.24, 2.45) is 0 Å². The smallest absolute Gasteiger partial charge is 0.300 e. The first kappa shape index (κ1) is 19.9. The van der Waals surface area contributed by atoms with Gasteiger partial charge in [-0.15, -0.1) is 0 Å². The van der Waals surface area contributed by atoms with Crippen LogP contribution in [-0.2, 0) is 24.3 Å². The van der Waals surface area contributed by atoms with Gasteiger partial charge < -0.3 is 9.47 Å². The summed E-state index contributed by atoms with van der Waals surface area (Å²) < 4.78 is 41.3. The van der Waals surface area contributed by atoms with Crippen LogP contribution in [0.5, 0.6) is 11.8 Å². The fourth-order valence-corrected chi connectivity index (χ4v) is 4.28. The predicted molar refractivity (Wildman–Crippen MR) is 105 cm³/mol. The Balaban J connectivity index is 1.48. The molecule has 0 bridgehead atoms. The van der Waals surface area contributed by atoms with Crippen molar-refractivity contribution in [2.45, 2.75) is 70.4 Å². The lowest BCUT2D eigenvalue weighted by Gasteiger charge is -2.32. The van der Waals surface area contributed by atoms with Crippen LogP contribution in [0.4, 0.5) is 8.78 Å². The summed E-state index contributed by atoms with van der Waals surface area (Å²) in [5, 5.41) is 0. The predicted octanol–water partition coefficient (Wildman–Crippen LogP) is 4.20. The van der Waals surface area contributed by atoms with Crippen molar-refractivity contribution in [3.8, 4) is 11.8 Å². The summed E-state index contributed by atoms with van der Waals surface area (Å²) in [6.07, 6.45) is 2.47. The maximum absolute atomic E-state index is 14.2. The van der Waals surface area contributed by atoms with E-state index in [1.165, 1.54) is 29.0 Å². The van der Waals surface area contributed by atoms with Crippen LogP contribution >= 0.6 is 0 Å². The summed E-state index contributed by atoms with van der Waals surface area (Å²) in [4.78, 5) is 15.5. The zero-order valence-electron chi connectivity index (χ0n) is 17.0. The topological polar surface area (TPSA) is 53.4 Å². The average Bonchev–Trinajstić information content (AvgIpc) is 3.07. The number of benzene rings is 1. The lowest BCUT2D eigenvalue weighted by Crippen LogP contribution is -2.26. The van der Waals surface area contributed by atoms with Crippen molar-refractivity contribution in [1.29, 1.82) is 0 Å². The molecule has 2 aliphatic rings. The molecule has 4 rings (SSSR count). The molecular formula is C22H26F2N2O3. The summed E-state index contributed by atoms with van der Waals surface area (Å²) in [7, 11) is 0. The SMILES string of the molecule is CCC(F)(F)c1cc(=O)nc2n1CC(COc1ccc3c(c1)CCCC3(C)C)O2. The van der Waals surface area contributed by atoms with Gasteiger partial charge in [0.15, 0.2) is 6.10 Å². The molecule has 0 saturated heterocycles. The lowest BCUT2D eigenvalue weighted by molar-refractivity contribution is -0.0169. The Morgan fingerprint density at radius 2 is 2.14 bits per heavy atom. The van der Waals surface area contributed by atoms with Crippen LogP contribution in [-0.4, -0.2) is 22.3 Å². The van der Waals surface area contributed by atoms with Crippen LogP contribution in [0.25, 0.3) is 0 Å². The third-order valence-corrected chi connectivity index (χ3v) is 5.95. The van der Waals surface area contributed by atoms with Gasteiger partial charge in [-0.25, -0.2) is 0 Å². The summed E-state index contributed by atoms with van der Waals surface area (Å²) >= 11 is 0. The molecule has 0 radical (unpaired) electrons. The van der Waals surface area contributed by atoms with Crippen molar-refractivity contribution in [1.82, 2.24) is 9.55 Å². The second-order valence-corrected chi connectivity index (χ2v) is 8.54. The van der Waals surface area contributed by atoms with Crippen LogP contribution in [0.3, 0.4) is 0 Å². The van der Waals surface area contributed by atoms with E-state index in [4.69, 9.17) is 9.47 Å². The van der Waals surface area contributed by atoms with E-state index in [9.17, 15) is 13.6 Å². The van der Waals surface area contributed by atoms with Crippen molar-refractivity contribution < 1.29 is 18.3 Å². The molecule has 0 saturated carbocycles. The van der Waals surface area contributed by atoms with Crippen LogP contribution in [0.1, 0.15) is 56.9 Å². The molecular weight excluding hydrogens is 378 g/mol. The van der Waals surface area contributed by atoms with Gasteiger partial charge in [0, 0.05) is 12.5 Å². The first-order valence-corrected chi connectivity index (χ1v) is 10.1. The molecule has 0 N–H and O–H groups in total. The Morgan fingerprint density at radius 3 is 2.90 bits per heavy atom. The summed E-state index contributed by atoms with van der Waals surface area (Å²) in [5.41, 5.74) is 1.74. The van der Waals surface area contributed by atoms with Crippen molar-refractivity contribution >= 4 is 0 Å². The highest BCUT2D eigenvalue weighted by molar-refractivity contribution is 5.41. The maximum atomic E-state index is 14.2. The number of aryl methyl sites for hydroxylation is 1. The minimum atomic E-state index is -3.11. The fourth-order valence-electron chi connectivity index (χ4n) is 4.28. The molecule has 0 fully saturated rings. The highest BCUT2D eigenvalue weighted by Gasteiger charge is 2.37. The number of halogens is 2. The summed E-state index contributed by atoms with van der Waals surface area (Å²) in [6, 6.07) is 6.96. The van der Waals surface area contributed by atoms with Crippen LogP contribution in [0, 0.1) is 0 Å². The van der Waals surface area contributed by atoms with Gasteiger partial charge in [-0.05, 0) is 47.9 Å². The second-order valence-electron chi connectivity index (χ2n) is 8.54. The highest BCUT2D eigenvalue weighted by atomic mass is 19.3. The van der Waals surface area contributed by atoms with Crippen molar-refractivity contribution in [3.05, 3.63) is 51.4 Å². The number of hydrogen-bond donors (Lipinski definition) is 0. The van der Waals surface area contributed by atoms with Crippen LogP contribution < -0.4 is 15.0 Å². The van der Waals surface area contributed by atoms with E-state index in [1.54, 1.807) is 0 Å². The standard InChI is InChI=1S/C22H26F2N2O3/c1-4-22(23,24)18-11-19(27)25-20-26(18)12-16(29-20)13-28-15-7-8-17-14(10-15)6-5-9-21(17,2)3/h7-8,10-11,16H,4-6,9,12-13H2,1-3H3. The Hall–Kier alpha value is -2.44. The summed E-state index contributed by atoms with van der Waals surface area (Å²) in [6.45, 7) is 6.26. The molecule has 7 heteroatoms. The van der Waals surface area contributed by atoms with Gasteiger partial charge in [0.2, 0.25) is 0 Å². The highest BCUT2D eigenvalue weighted by Crippen LogP contribution is 2.38. The lowest BCUT2D eigenvalue weighted by atomic mass is 9.73. The van der Waals surface area contributed by atoms with Gasteiger partial charge in [-0.3, -0.25) is 9.36 Å². The molecule has 2 heterocycles. The van der Waals surface area contributed by atoms with E-state index >= 15 is 0 Å². The molecule has 29 heavy (non-hydrogen) atoms. The fraction of sp³-hybridized carbons (Fsp3) is 0.545. The Kier molecular flexibility index (Phi) is 4.87. The van der Waals surface area contributed by atoms with Gasteiger partial charge in [0.1, 0.15) is 12.4 Å². The molecule has 1 aliphatic heterocycles. The van der Waals surface area contributed by atoms with E-state index in [2.05, 4.69) is 31.0 Å². The molecule has 1 aromatic heterocycles. The monoisotopic (exact) mass is 404 g/mol. The Labute approximate surface area is 168 Å². The number of aromatic nitrogens is 2. The van der Waals surface area contributed by atoms with Crippen molar-refractivity contribution in [3.63, 3.8) is 0 Å². The molecule has 1 aromatic carbocycles. The molecule has 0 spiro atoms. The molecule has 0 amide bonds. The van der Waals surface area contributed by atoms with Gasteiger partial charge >= 0.3 is 6.01 Å². The number of hydrogen-bond acceptors (Lipinski definition) is 4. The third kappa shape index (κ3) is 3.74. The van der Waals surface area contributed by atoms with Crippen LogP contribution in [0.15, 0.2) is 29.1 Å². The van der Waals surface area contributed by atoms with Gasteiger partial charge in [-0.2, -0.15) is 13.8 Å². The van der Waals surface area contributed by atoms with E-state index in [0.29, 0.717) is 0 Å². The van der Waals surface area contributed by atoms with Crippen LogP contribution in [0.2, 0.25) is 0 Å². The normalized spacial score (nSPS) is 20.0. The molecule has 2 aromatic rings. The minimum absolute atomic E-state index is 0.0681. The van der Waals surface area contributed by atoms with Gasteiger partial charge in [-0.1, -0.05) is 26.8 Å². The van der Waals surface area contributed by atoms with E-state index < -0.39 is 24.0 Å². The second kappa shape index (κ2) is 7.11. The average molecular weight is 404 g/mol. The molecule has 1 unspecified atom stereocenters. The van der Waals surface area contributed by atoms with E-state index in [0.717, 1.165) is 24.7 Å². The van der Waals surface area contributed by atoms with Gasteiger partial charge in [0.25, 0.3) is 11.5 Å². The molecule has 5 nitrogen and oxygen atoms in total. The van der Waals surface area contributed by atoms with Crippen molar-refractivity contribution in [2.75, 3.05) is 6.61 Å². The number of rotatable bonds is 5. The minimum Gasteiger partial charge on any atom is -0.490 e. The maximum Gasteiger partial charge on any atom is 0.300 e. The van der Waals surface area contributed by atoms with E-state index in [-0.39, 0.29) is 30.3 Å².